The maximum Gasteiger partial charge on any atom is 0.407 e. The Balaban J connectivity index is 2.23. The van der Waals surface area contributed by atoms with Gasteiger partial charge in [-0.05, 0) is 45.0 Å². The number of hydrogen-bond donors (Lipinski definition) is 1. The van der Waals surface area contributed by atoms with E-state index in [4.69, 9.17) is 9.47 Å². The number of carbonyl (C=O) groups excluding carboxylic acids is 2. The third-order valence-electron chi connectivity index (χ3n) is 2.08. The topological polar surface area (TPSA) is 64.6 Å². The Morgan fingerprint density at radius 3 is 2.37 bits per heavy atom. The highest BCUT2D eigenvalue weighted by Crippen LogP contribution is 2.10. The summed E-state index contributed by atoms with van der Waals surface area (Å²) in [5.41, 5.74) is 0.274. The van der Waals surface area contributed by atoms with Gasteiger partial charge in [0.2, 0.25) is 0 Å². The fraction of sp³-hybridized carbons (Fsp3) is 0.429. The number of aldehydes is 1. The van der Waals surface area contributed by atoms with E-state index in [2.05, 4.69) is 5.32 Å². The Bertz CT molecular complexity index is 420. The zero-order valence-corrected chi connectivity index (χ0v) is 11.4. The van der Waals surface area contributed by atoms with E-state index >= 15 is 0 Å². The Kier molecular flexibility index (Phi) is 5.36. The number of benzene rings is 1. The highest BCUT2D eigenvalue weighted by Gasteiger charge is 2.14. The standard InChI is InChI=1S/C14H19NO4/c1-14(2,3)15-13(17)19-9-8-18-12-6-4-11(10-16)5-7-12/h4-7,10H,8-9H2,1-3H3,(H,15,17). The van der Waals surface area contributed by atoms with Crippen LogP contribution in [0.1, 0.15) is 31.1 Å². The molecule has 0 radical (unpaired) electrons. The van der Waals surface area contributed by atoms with Gasteiger partial charge in [-0.25, -0.2) is 4.79 Å². The largest absolute Gasteiger partial charge is 0.490 e. The molecule has 1 amide bonds. The monoisotopic (exact) mass is 265 g/mol. The summed E-state index contributed by atoms with van der Waals surface area (Å²) in [6, 6.07) is 6.71. The van der Waals surface area contributed by atoms with Crippen molar-refractivity contribution in [3.63, 3.8) is 0 Å². The van der Waals surface area contributed by atoms with Gasteiger partial charge < -0.3 is 14.8 Å². The molecule has 1 rings (SSSR count). The molecule has 0 atom stereocenters. The van der Waals surface area contributed by atoms with Crippen molar-refractivity contribution in [2.45, 2.75) is 26.3 Å². The van der Waals surface area contributed by atoms with Gasteiger partial charge in [0.1, 0.15) is 25.2 Å². The molecule has 104 valence electrons. The third-order valence-corrected chi connectivity index (χ3v) is 2.08. The van der Waals surface area contributed by atoms with Gasteiger partial charge in [-0.15, -0.1) is 0 Å². The molecule has 1 N–H and O–H groups in total. The van der Waals surface area contributed by atoms with Gasteiger partial charge in [0, 0.05) is 11.1 Å². The second kappa shape index (κ2) is 6.78. The predicted octanol–water partition coefficient (Wildman–Crippen LogP) is 2.40. The summed E-state index contributed by atoms with van der Waals surface area (Å²) in [6.45, 7) is 6.05. The fourth-order valence-electron chi connectivity index (χ4n) is 1.28. The van der Waals surface area contributed by atoms with E-state index in [9.17, 15) is 9.59 Å². The minimum atomic E-state index is -0.465. The molecule has 19 heavy (non-hydrogen) atoms. The van der Waals surface area contributed by atoms with Crippen molar-refractivity contribution in [3.05, 3.63) is 29.8 Å². The van der Waals surface area contributed by atoms with Crippen LogP contribution in [0, 0.1) is 0 Å². The predicted molar refractivity (Wildman–Crippen MR) is 71.6 cm³/mol. The minimum absolute atomic E-state index is 0.164. The molecular formula is C14H19NO4. The molecule has 0 spiro atoms. The molecule has 1 aromatic rings. The van der Waals surface area contributed by atoms with Gasteiger partial charge >= 0.3 is 6.09 Å². The van der Waals surface area contributed by atoms with Crippen LogP contribution in [0.2, 0.25) is 0 Å². The van der Waals surface area contributed by atoms with Crippen molar-refractivity contribution in [2.75, 3.05) is 13.2 Å². The van der Waals surface area contributed by atoms with E-state index in [-0.39, 0.29) is 18.8 Å². The van der Waals surface area contributed by atoms with Gasteiger partial charge in [0.15, 0.2) is 0 Å². The van der Waals surface area contributed by atoms with Gasteiger partial charge in [-0.1, -0.05) is 0 Å². The maximum atomic E-state index is 11.3. The molecule has 0 bridgehead atoms. The molecule has 0 heterocycles. The van der Waals surface area contributed by atoms with Crippen LogP contribution in [0.15, 0.2) is 24.3 Å². The number of rotatable bonds is 5. The smallest absolute Gasteiger partial charge is 0.407 e. The van der Waals surface area contributed by atoms with Crippen molar-refractivity contribution in [3.8, 4) is 5.75 Å². The van der Waals surface area contributed by atoms with Gasteiger partial charge in [-0.3, -0.25) is 4.79 Å². The van der Waals surface area contributed by atoms with Crippen molar-refractivity contribution >= 4 is 12.4 Å². The molecule has 0 aliphatic carbocycles. The van der Waals surface area contributed by atoms with E-state index in [1.165, 1.54) is 0 Å². The van der Waals surface area contributed by atoms with Gasteiger partial charge in [-0.2, -0.15) is 0 Å². The molecule has 0 saturated heterocycles. The molecule has 5 heteroatoms. The highest BCUT2D eigenvalue weighted by atomic mass is 16.6. The number of carbonyl (C=O) groups is 2. The zero-order valence-electron chi connectivity index (χ0n) is 11.4. The molecule has 0 fully saturated rings. The first-order valence-corrected chi connectivity index (χ1v) is 6.04. The van der Waals surface area contributed by atoms with Crippen LogP contribution < -0.4 is 10.1 Å². The van der Waals surface area contributed by atoms with E-state index in [0.717, 1.165) is 6.29 Å². The summed E-state index contributed by atoms with van der Waals surface area (Å²) < 4.78 is 10.3. The van der Waals surface area contributed by atoms with Crippen molar-refractivity contribution in [2.24, 2.45) is 0 Å². The maximum absolute atomic E-state index is 11.3. The average Bonchev–Trinajstić information content (AvgIpc) is 2.33. The number of hydrogen-bond acceptors (Lipinski definition) is 4. The summed E-state index contributed by atoms with van der Waals surface area (Å²) in [5, 5.41) is 2.68. The first-order valence-electron chi connectivity index (χ1n) is 6.04. The molecule has 0 saturated carbocycles. The Hall–Kier alpha value is -2.04. The average molecular weight is 265 g/mol. The van der Waals surface area contributed by atoms with Crippen molar-refractivity contribution < 1.29 is 19.1 Å². The van der Waals surface area contributed by atoms with Crippen molar-refractivity contribution in [1.82, 2.24) is 5.32 Å². The molecule has 0 aromatic heterocycles. The summed E-state index contributed by atoms with van der Waals surface area (Å²) in [7, 11) is 0. The molecule has 1 aromatic carbocycles. The Morgan fingerprint density at radius 2 is 1.84 bits per heavy atom. The van der Waals surface area contributed by atoms with Crippen LogP contribution in [0.3, 0.4) is 0 Å². The summed E-state index contributed by atoms with van der Waals surface area (Å²) >= 11 is 0. The van der Waals surface area contributed by atoms with Crippen LogP contribution in [0.5, 0.6) is 5.75 Å². The molecule has 0 aliphatic rings. The van der Waals surface area contributed by atoms with Gasteiger partial charge in [0.25, 0.3) is 0 Å². The number of ether oxygens (including phenoxy) is 2. The fourth-order valence-corrected chi connectivity index (χ4v) is 1.28. The van der Waals surface area contributed by atoms with Crippen LogP contribution in [-0.4, -0.2) is 31.1 Å². The Morgan fingerprint density at radius 1 is 1.21 bits per heavy atom. The number of amides is 1. The normalized spacial score (nSPS) is 10.7. The molecular weight excluding hydrogens is 246 g/mol. The summed E-state index contributed by atoms with van der Waals surface area (Å²) in [6.07, 6.45) is 0.302. The minimum Gasteiger partial charge on any atom is -0.490 e. The summed E-state index contributed by atoms with van der Waals surface area (Å²) in [4.78, 5) is 21.8. The van der Waals surface area contributed by atoms with E-state index in [1.54, 1.807) is 24.3 Å². The lowest BCUT2D eigenvalue weighted by molar-refractivity contribution is 0.112. The zero-order chi connectivity index (χ0) is 14.3. The second-order valence-electron chi connectivity index (χ2n) is 5.05. The highest BCUT2D eigenvalue weighted by molar-refractivity contribution is 5.74. The molecule has 0 unspecified atom stereocenters. The van der Waals surface area contributed by atoms with E-state index in [0.29, 0.717) is 11.3 Å². The molecule has 0 aliphatic heterocycles. The van der Waals surface area contributed by atoms with E-state index < -0.39 is 6.09 Å². The van der Waals surface area contributed by atoms with E-state index in [1.807, 2.05) is 20.8 Å². The lowest BCUT2D eigenvalue weighted by atomic mass is 10.1. The van der Waals surface area contributed by atoms with Crippen LogP contribution >= 0.6 is 0 Å². The first kappa shape index (κ1) is 15.0. The van der Waals surface area contributed by atoms with Crippen molar-refractivity contribution in [1.29, 1.82) is 0 Å². The van der Waals surface area contributed by atoms with Crippen LogP contribution in [0.25, 0.3) is 0 Å². The molecule has 5 nitrogen and oxygen atoms in total. The first-order chi connectivity index (χ1) is 8.90. The second-order valence-corrected chi connectivity index (χ2v) is 5.05. The Labute approximate surface area is 112 Å². The lowest BCUT2D eigenvalue weighted by Crippen LogP contribution is -2.41. The van der Waals surface area contributed by atoms with Gasteiger partial charge in [0.05, 0.1) is 0 Å². The third kappa shape index (κ3) is 6.45. The van der Waals surface area contributed by atoms with Crippen LogP contribution in [-0.2, 0) is 4.74 Å². The SMILES string of the molecule is CC(C)(C)NC(=O)OCCOc1ccc(C=O)cc1. The van der Waals surface area contributed by atoms with Crippen LogP contribution in [0.4, 0.5) is 4.79 Å². The summed E-state index contributed by atoms with van der Waals surface area (Å²) in [5.74, 6) is 0.630. The number of nitrogens with one attached hydrogen (secondary N) is 1. The number of alkyl carbamates (subject to hydrolysis) is 1. The lowest BCUT2D eigenvalue weighted by Gasteiger charge is -2.19. The quantitative estimate of drug-likeness (QED) is 0.656.